The van der Waals surface area contributed by atoms with E-state index in [0.29, 0.717) is 11.5 Å². The summed E-state index contributed by atoms with van der Waals surface area (Å²) in [7, 11) is -4.62. The van der Waals surface area contributed by atoms with Crippen molar-refractivity contribution < 1.29 is 27.6 Å². The van der Waals surface area contributed by atoms with E-state index in [1.54, 1.807) is 18.2 Å². The van der Waals surface area contributed by atoms with Gasteiger partial charge < -0.3 is 14.6 Å². The van der Waals surface area contributed by atoms with Crippen LogP contribution in [0.15, 0.2) is 56.6 Å². The molecular formula is C15H10O7S. The molecule has 0 bridgehead atoms. The van der Waals surface area contributed by atoms with Crippen molar-refractivity contribution in [2.75, 3.05) is 0 Å². The van der Waals surface area contributed by atoms with Crippen LogP contribution in [0.4, 0.5) is 0 Å². The second-order valence-electron chi connectivity index (χ2n) is 4.78. The minimum Gasteiger partial charge on any atom is -0.504 e. The van der Waals surface area contributed by atoms with E-state index in [1.165, 1.54) is 6.07 Å². The van der Waals surface area contributed by atoms with Gasteiger partial charge in [-0.05, 0) is 18.2 Å². The molecule has 1 heterocycles. The third kappa shape index (κ3) is 2.65. The lowest BCUT2D eigenvalue weighted by Crippen LogP contribution is -2.01. The summed E-state index contributed by atoms with van der Waals surface area (Å²) in [5.74, 6) is -1.59. The van der Waals surface area contributed by atoms with E-state index < -0.39 is 31.9 Å². The average Bonchev–Trinajstić information content (AvgIpc) is 2.48. The van der Waals surface area contributed by atoms with Gasteiger partial charge in [0.15, 0.2) is 16.9 Å². The highest BCUT2D eigenvalue weighted by molar-refractivity contribution is 7.85. The lowest BCUT2D eigenvalue weighted by Gasteiger charge is -2.08. The van der Waals surface area contributed by atoms with Crippen molar-refractivity contribution in [3.8, 4) is 22.8 Å². The summed E-state index contributed by atoms with van der Waals surface area (Å²) in [6, 6.07) is 9.03. The predicted octanol–water partition coefficient (Wildman–Crippen LogP) is 2.12. The third-order valence-electron chi connectivity index (χ3n) is 3.26. The van der Waals surface area contributed by atoms with Gasteiger partial charge in [0.25, 0.3) is 10.1 Å². The summed E-state index contributed by atoms with van der Waals surface area (Å²) in [6.07, 6.45) is 0. The van der Waals surface area contributed by atoms with E-state index in [9.17, 15) is 23.4 Å². The minimum absolute atomic E-state index is 0.146. The molecule has 0 amide bonds. The van der Waals surface area contributed by atoms with Gasteiger partial charge in [0.2, 0.25) is 0 Å². The molecule has 0 unspecified atom stereocenters. The molecule has 0 fully saturated rings. The molecule has 3 aromatic rings. The largest absolute Gasteiger partial charge is 0.504 e. The lowest BCUT2D eigenvalue weighted by molar-refractivity contribution is 0.401. The van der Waals surface area contributed by atoms with Crippen molar-refractivity contribution in [3.05, 3.63) is 52.7 Å². The Balaban J connectivity index is 2.35. The summed E-state index contributed by atoms with van der Waals surface area (Å²) in [5, 5.41) is 19.9. The smallest absolute Gasteiger partial charge is 0.294 e. The Morgan fingerprint density at radius 1 is 1.00 bits per heavy atom. The van der Waals surface area contributed by atoms with Crippen molar-refractivity contribution in [1.82, 2.24) is 0 Å². The molecule has 0 aliphatic carbocycles. The molecule has 23 heavy (non-hydrogen) atoms. The number of aromatic hydroxyl groups is 2. The molecule has 3 rings (SSSR count). The van der Waals surface area contributed by atoms with Crippen LogP contribution < -0.4 is 5.43 Å². The van der Waals surface area contributed by atoms with Gasteiger partial charge in [-0.25, -0.2) is 0 Å². The lowest BCUT2D eigenvalue weighted by atomic mass is 10.1. The normalized spacial score (nSPS) is 11.7. The summed E-state index contributed by atoms with van der Waals surface area (Å²) in [4.78, 5) is 11.4. The first-order valence-corrected chi connectivity index (χ1v) is 7.78. The highest BCUT2D eigenvalue weighted by Gasteiger charge is 2.20. The molecule has 0 spiro atoms. The van der Waals surface area contributed by atoms with Crippen molar-refractivity contribution in [3.63, 3.8) is 0 Å². The summed E-state index contributed by atoms with van der Waals surface area (Å²) in [6.45, 7) is 0. The Morgan fingerprint density at radius 2 is 1.70 bits per heavy atom. The third-order valence-corrected chi connectivity index (χ3v) is 4.09. The van der Waals surface area contributed by atoms with E-state index in [2.05, 4.69) is 0 Å². The van der Waals surface area contributed by atoms with Crippen LogP contribution in [0, 0.1) is 0 Å². The molecule has 3 N–H and O–H groups in total. The quantitative estimate of drug-likeness (QED) is 0.484. The van der Waals surface area contributed by atoms with E-state index in [4.69, 9.17) is 8.97 Å². The molecule has 0 aliphatic rings. The van der Waals surface area contributed by atoms with Crippen LogP contribution in [-0.2, 0) is 10.1 Å². The summed E-state index contributed by atoms with van der Waals surface area (Å²) >= 11 is 0. The van der Waals surface area contributed by atoms with Crippen molar-refractivity contribution in [2.45, 2.75) is 4.90 Å². The number of phenols is 2. The maximum Gasteiger partial charge on any atom is 0.294 e. The Labute approximate surface area is 129 Å². The van der Waals surface area contributed by atoms with Gasteiger partial charge in [-0.3, -0.25) is 9.35 Å². The molecule has 7 nitrogen and oxygen atoms in total. The maximum absolute atomic E-state index is 12.1. The zero-order valence-corrected chi connectivity index (χ0v) is 12.2. The molecule has 0 atom stereocenters. The topological polar surface area (TPSA) is 125 Å². The van der Waals surface area contributed by atoms with Crippen molar-refractivity contribution in [1.29, 1.82) is 0 Å². The SMILES string of the molecule is O=c1cc(-c2cc(S(=O)(=O)O)cc(O)c2O)oc2ccccc12. The Hall–Kier alpha value is -2.84. The van der Waals surface area contributed by atoms with Gasteiger partial charge in [0.05, 0.1) is 15.8 Å². The first-order valence-electron chi connectivity index (χ1n) is 6.34. The second-order valence-corrected chi connectivity index (χ2v) is 6.21. The minimum atomic E-state index is -4.62. The van der Waals surface area contributed by atoms with Crippen LogP contribution in [0.5, 0.6) is 11.5 Å². The number of benzene rings is 2. The maximum atomic E-state index is 12.1. The molecule has 0 aliphatic heterocycles. The van der Waals surface area contributed by atoms with Gasteiger partial charge in [0.1, 0.15) is 11.3 Å². The zero-order chi connectivity index (χ0) is 16.8. The summed E-state index contributed by atoms with van der Waals surface area (Å²) < 4.78 is 37.0. The molecule has 2 aromatic carbocycles. The van der Waals surface area contributed by atoms with E-state index >= 15 is 0 Å². The highest BCUT2D eigenvalue weighted by atomic mass is 32.2. The van der Waals surface area contributed by atoms with Crippen LogP contribution in [0.3, 0.4) is 0 Å². The number of fused-ring (bicyclic) bond motifs is 1. The number of hydrogen-bond acceptors (Lipinski definition) is 6. The Morgan fingerprint density at radius 3 is 2.39 bits per heavy atom. The molecule has 8 heteroatoms. The standard InChI is InChI=1S/C15H10O7S/c16-11-7-14(22-13-4-2-1-3-9(11)13)10-5-8(23(19,20)21)6-12(17)15(10)18/h1-7,17-18H,(H,19,20,21). The van der Waals surface area contributed by atoms with Gasteiger partial charge >= 0.3 is 0 Å². The first-order chi connectivity index (χ1) is 10.8. The molecule has 0 saturated heterocycles. The number of para-hydroxylation sites is 1. The van der Waals surface area contributed by atoms with E-state index in [-0.39, 0.29) is 16.9 Å². The molecule has 118 valence electrons. The number of phenolic OH excluding ortho intramolecular Hbond substituents is 2. The van der Waals surface area contributed by atoms with Crippen LogP contribution in [0.2, 0.25) is 0 Å². The van der Waals surface area contributed by atoms with Crippen LogP contribution in [-0.4, -0.2) is 23.2 Å². The van der Waals surface area contributed by atoms with Gasteiger partial charge in [0, 0.05) is 12.1 Å². The fourth-order valence-electron chi connectivity index (χ4n) is 2.17. The monoisotopic (exact) mass is 334 g/mol. The van der Waals surface area contributed by atoms with Gasteiger partial charge in [-0.1, -0.05) is 12.1 Å². The van der Waals surface area contributed by atoms with Crippen LogP contribution in [0.1, 0.15) is 0 Å². The fourth-order valence-corrected chi connectivity index (χ4v) is 2.69. The molecule has 0 radical (unpaired) electrons. The van der Waals surface area contributed by atoms with Crippen molar-refractivity contribution in [2.24, 2.45) is 0 Å². The van der Waals surface area contributed by atoms with Crippen molar-refractivity contribution >= 4 is 21.1 Å². The molecular weight excluding hydrogens is 324 g/mol. The molecule has 0 saturated carbocycles. The first kappa shape index (κ1) is 15.1. The van der Waals surface area contributed by atoms with E-state index in [0.717, 1.165) is 12.1 Å². The van der Waals surface area contributed by atoms with E-state index in [1.807, 2.05) is 0 Å². The van der Waals surface area contributed by atoms with Gasteiger partial charge in [-0.2, -0.15) is 8.42 Å². The molecule has 1 aromatic heterocycles. The zero-order valence-electron chi connectivity index (χ0n) is 11.4. The fraction of sp³-hybridized carbons (Fsp3) is 0. The van der Waals surface area contributed by atoms with Crippen LogP contribution >= 0.6 is 0 Å². The Kier molecular flexibility index (Phi) is 3.35. The Bertz CT molecular complexity index is 1080. The predicted molar refractivity (Wildman–Crippen MR) is 81.1 cm³/mol. The van der Waals surface area contributed by atoms with Gasteiger partial charge in [-0.15, -0.1) is 0 Å². The summed E-state index contributed by atoms with van der Waals surface area (Å²) in [5.41, 5.74) is -0.412. The van der Waals surface area contributed by atoms with Crippen LogP contribution in [0.25, 0.3) is 22.3 Å². The average molecular weight is 334 g/mol. The number of rotatable bonds is 2. The second kappa shape index (κ2) is 5.11. The highest BCUT2D eigenvalue weighted by Crippen LogP contribution is 2.39. The number of hydrogen-bond donors (Lipinski definition) is 3.